The van der Waals surface area contributed by atoms with Gasteiger partial charge in [-0.2, -0.15) is 8.42 Å². The molecule has 0 saturated heterocycles. The monoisotopic (exact) mass is 778 g/mol. The number of carbonyl (C=O) groups is 1. The highest BCUT2D eigenvalue weighted by molar-refractivity contribution is 7.85. The van der Waals surface area contributed by atoms with Crippen LogP contribution in [-0.2, 0) is 14.9 Å². The fourth-order valence-electron chi connectivity index (χ4n) is 6.92. The lowest BCUT2D eigenvalue weighted by Crippen LogP contribution is -2.47. The summed E-state index contributed by atoms with van der Waals surface area (Å²) in [6, 6.07) is -0.977. The number of hydrogen-bond donors (Lipinski definition) is 3. The van der Waals surface area contributed by atoms with Gasteiger partial charge in [-0.3, -0.25) is 9.35 Å². The molecule has 0 aliphatic heterocycles. The molecule has 0 rings (SSSR count). The number of allylic oxidation sites excluding steroid dienone is 8. The number of amides is 1. The van der Waals surface area contributed by atoms with Crippen molar-refractivity contribution in [1.82, 2.24) is 5.32 Å². The molecule has 0 heterocycles. The van der Waals surface area contributed by atoms with Crippen LogP contribution in [0.1, 0.15) is 226 Å². The fourth-order valence-corrected chi connectivity index (χ4v) is 7.68. The molecule has 2 unspecified atom stereocenters. The summed E-state index contributed by atoms with van der Waals surface area (Å²) in [4.78, 5) is 12.6. The number of unbranched alkanes of at least 4 members (excludes halogenated alkanes) is 25. The molecule has 0 aliphatic rings. The van der Waals surface area contributed by atoms with Crippen molar-refractivity contribution in [2.24, 2.45) is 0 Å². The highest BCUT2D eigenvalue weighted by Gasteiger charge is 2.26. The molecule has 0 bridgehead atoms. The van der Waals surface area contributed by atoms with Gasteiger partial charge < -0.3 is 10.4 Å². The maximum Gasteiger partial charge on any atom is 0.266 e. The maximum absolute atomic E-state index is 12.6. The Morgan fingerprint density at radius 1 is 0.519 bits per heavy atom. The van der Waals surface area contributed by atoms with E-state index in [0.29, 0.717) is 12.8 Å². The topological polar surface area (TPSA) is 104 Å². The standard InChI is InChI=1S/C47H87NO5S/c1-3-5-7-9-11-13-15-17-19-21-23-24-25-27-29-31-33-35-37-39-41-43-47(50)48-45(44-54(51,52)53)46(49)42-40-38-36-34-32-30-28-26-22-20-18-16-14-12-10-8-6-4-2/h5,7,11,13,17,19,23-24,45-46,49H,3-4,6,8-10,12,14-16,18,20-22,25-44H2,1-2H3,(H,48,50)(H,51,52,53)/b7-5-,13-11-,19-17-,24-23-. The first-order valence-electron chi connectivity index (χ1n) is 22.8. The van der Waals surface area contributed by atoms with Gasteiger partial charge in [0.2, 0.25) is 5.91 Å². The first kappa shape index (κ1) is 52.3. The third-order valence-corrected chi connectivity index (χ3v) is 11.1. The average molecular weight is 778 g/mol. The van der Waals surface area contributed by atoms with Gasteiger partial charge in [0.15, 0.2) is 0 Å². The van der Waals surface area contributed by atoms with Gasteiger partial charge in [0, 0.05) is 6.42 Å². The van der Waals surface area contributed by atoms with Crippen LogP contribution in [0.15, 0.2) is 48.6 Å². The Balaban J connectivity index is 3.83. The van der Waals surface area contributed by atoms with Crippen LogP contribution in [0, 0.1) is 0 Å². The molecule has 0 aromatic rings. The Morgan fingerprint density at radius 3 is 1.31 bits per heavy atom. The van der Waals surface area contributed by atoms with Crippen molar-refractivity contribution in [1.29, 1.82) is 0 Å². The van der Waals surface area contributed by atoms with Crippen LogP contribution in [0.5, 0.6) is 0 Å². The van der Waals surface area contributed by atoms with Crippen molar-refractivity contribution in [2.45, 2.75) is 238 Å². The highest BCUT2D eigenvalue weighted by atomic mass is 32.2. The molecule has 316 valence electrons. The summed E-state index contributed by atoms with van der Waals surface area (Å²) in [6.45, 7) is 4.43. The zero-order valence-corrected chi connectivity index (χ0v) is 36.2. The molecular formula is C47H87NO5S. The molecule has 0 fully saturated rings. The molecule has 54 heavy (non-hydrogen) atoms. The Morgan fingerprint density at radius 2 is 0.889 bits per heavy atom. The molecule has 0 spiro atoms. The minimum atomic E-state index is -4.32. The van der Waals surface area contributed by atoms with Crippen LogP contribution in [0.2, 0.25) is 0 Å². The van der Waals surface area contributed by atoms with Crippen molar-refractivity contribution in [3.63, 3.8) is 0 Å². The van der Waals surface area contributed by atoms with Gasteiger partial charge in [0.25, 0.3) is 10.1 Å². The molecule has 0 aromatic heterocycles. The normalized spacial score (nSPS) is 13.6. The number of aliphatic hydroxyl groups excluding tert-OH is 1. The van der Waals surface area contributed by atoms with Crippen LogP contribution in [0.25, 0.3) is 0 Å². The second-order valence-electron chi connectivity index (χ2n) is 15.7. The van der Waals surface area contributed by atoms with Gasteiger partial charge in [-0.25, -0.2) is 0 Å². The number of nitrogens with one attached hydrogen (secondary N) is 1. The molecule has 3 N–H and O–H groups in total. The van der Waals surface area contributed by atoms with Gasteiger partial charge in [-0.15, -0.1) is 0 Å². The molecular weight excluding hydrogens is 691 g/mol. The molecule has 0 aromatic carbocycles. The van der Waals surface area contributed by atoms with Crippen LogP contribution < -0.4 is 5.32 Å². The van der Waals surface area contributed by atoms with Crippen molar-refractivity contribution in [2.75, 3.05) is 5.75 Å². The molecule has 2 atom stereocenters. The van der Waals surface area contributed by atoms with Crippen molar-refractivity contribution in [3.05, 3.63) is 48.6 Å². The zero-order chi connectivity index (χ0) is 39.6. The molecule has 1 amide bonds. The van der Waals surface area contributed by atoms with E-state index >= 15 is 0 Å². The van der Waals surface area contributed by atoms with Gasteiger partial charge in [0.05, 0.1) is 17.9 Å². The third kappa shape index (κ3) is 41.5. The summed E-state index contributed by atoms with van der Waals surface area (Å²) >= 11 is 0. The van der Waals surface area contributed by atoms with Gasteiger partial charge in [0.1, 0.15) is 0 Å². The predicted octanol–water partition coefficient (Wildman–Crippen LogP) is 13.9. The van der Waals surface area contributed by atoms with Crippen molar-refractivity contribution in [3.8, 4) is 0 Å². The summed E-state index contributed by atoms with van der Waals surface area (Å²) in [5.74, 6) is -0.905. The lowest BCUT2D eigenvalue weighted by Gasteiger charge is -2.23. The summed E-state index contributed by atoms with van der Waals surface area (Å²) in [6.07, 6.45) is 54.9. The Kier molecular flexibility index (Phi) is 39.7. The van der Waals surface area contributed by atoms with E-state index in [1.165, 1.54) is 122 Å². The average Bonchev–Trinajstić information content (AvgIpc) is 3.14. The Hall–Kier alpha value is -1.70. The lowest BCUT2D eigenvalue weighted by atomic mass is 10.0. The molecule has 0 saturated carbocycles. The Labute approximate surface area is 335 Å². The smallest absolute Gasteiger partial charge is 0.266 e. The van der Waals surface area contributed by atoms with Crippen molar-refractivity contribution >= 4 is 16.0 Å². The first-order chi connectivity index (χ1) is 26.3. The van der Waals surface area contributed by atoms with Crippen LogP contribution in [0.3, 0.4) is 0 Å². The molecule has 0 aliphatic carbocycles. The summed E-state index contributed by atoms with van der Waals surface area (Å²) in [5.41, 5.74) is 0. The predicted molar refractivity (Wildman–Crippen MR) is 235 cm³/mol. The second kappa shape index (κ2) is 40.9. The van der Waals surface area contributed by atoms with E-state index in [1.54, 1.807) is 0 Å². The quantitative estimate of drug-likeness (QED) is 0.0326. The van der Waals surface area contributed by atoms with E-state index in [2.05, 4.69) is 67.8 Å². The lowest BCUT2D eigenvalue weighted by molar-refractivity contribution is -0.122. The Bertz CT molecular complexity index is 1030. The van der Waals surface area contributed by atoms with Crippen LogP contribution >= 0.6 is 0 Å². The van der Waals surface area contributed by atoms with Crippen LogP contribution in [0.4, 0.5) is 0 Å². The summed E-state index contributed by atoms with van der Waals surface area (Å²) in [7, 11) is -4.32. The summed E-state index contributed by atoms with van der Waals surface area (Å²) in [5, 5.41) is 13.4. The zero-order valence-electron chi connectivity index (χ0n) is 35.3. The second-order valence-corrected chi connectivity index (χ2v) is 17.2. The van der Waals surface area contributed by atoms with Crippen molar-refractivity contribution < 1.29 is 22.9 Å². The molecule has 7 heteroatoms. The van der Waals surface area contributed by atoms with E-state index < -0.39 is 28.0 Å². The van der Waals surface area contributed by atoms with E-state index in [-0.39, 0.29) is 5.91 Å². The largest absolute Gasteiger partial charge is 0.391 e. The number of rotatable bonds is 41. The minimum absolute atomic E-state index is 0.253. The number of carbonyl (C=O) groups excluding carboxylic acids is 1. The number of hydrogen-bond acceptors (Lipinski definition) is 4. The van der Waals surface area contributed by atoms with E-state index in [1.807, 2.05) is 0 Å². The fraction of sp³-hybridized carbons (Fsp3) is 0.809. The van der Waals surface area contributed by atoms with Gasteiger partial charge in [-0.1, -0.05) is 217 Å². The van der Waals surface area contributed by atoms with E-state index in [4.69, 9.17) is 0 Å². The SMILES string of the molecule is CC/C=C\C/C=C\C/C=C\C/C=C\CCCCCCCCCCC(=O)NC(CS(=O)(=O)O)C(O)CCCCCCCCCCCCCCCCCCCC. The number of aliphatic hydroxyl groups is 1. The molecule has 6 nitrogen and oxygen atoms in total. The van der Waals surface area contributed by atoms with E-state index in [9.17, 15) is 22.9 Å². The van der Waals surface area contributed by atoms with Crippen LogP contribution in [-0.4, -0.2) is 41.9 Å². The van der Waals surface area contributed by atoms with Gasteiger partial charge >= 0.3 is 0 Å². The first-order valence-corrected chi connectivity index (χ1v) is 24.4. The third-order valence-electron chi connectivity index (χ3n) is 10.3. The summed E-state index contributed by atoms with van der Waals surface area (Å²) < 4.78 is 32.7. The van der Waals surface area contributed by atoms with Gasteiger partial charge in [-0.05, 0) is 51.4 Å². The maximum atomic E-state index is 12.6. The highest BCUT2D eigenvalue weighted by Crippen LogP contribution is 2.16. The molecule has 0 radical (unpaired) electrons. The van der Waals surface area contributed by atoms with E-state index in [0.717, 1.165) is 77.0 Å². The minimum Gasteiger partial charge on any atom is -0.391 e.